The zero-order valence-corrected chi connectivity index (χ0v) is 18.0. The van der Waals surface area contributed by atoms with Crippen LogP contribution >= 0.6 is 11.6 Å². The van der Waals surface area contributed by atoms with E-state index < -0.39 is 12.4 Å². The number of phenols is 1. The summed E-state index contributed by atoms with van der Waals surface area (Å²) in [7, 11) is 1.00. The minimum Gasteiger partial charge on any atom is -0.508 e. The number of rotatable bonds is 8. The molecule has 0 saturated carbocycles. The molecular weight excluding hydrogens is 404 g/mol. The second-order valence-electron chi connectivity index (χ2n) is 6.91. The van der Waals surface area contributed by atoms with E-state index in [0.29, 0.717) is 23.4 Å². The summed E-state index contributed by atoms with van der Waals surface area (Å²) in [5, 5.41) is 39.0. The van der Waals surface area contributed by atoms with E-state index in [4.69, 9.17) is 21.4 Å². The van der Waals surface area contributed by atoms with E-state index in [2.05, 4.69) is 0 Å². The quantitative estimate of drug-likeness (QED) is 0.391. The Labute approximate surface area is 182 Å². The summed E-state index contributed by atoms with van der Waals surface area (Å²) in [6, 6.07) is 16.5. The first-order chi connectivity index (χ1) is 14.5. The largest absolute Gasteiger partial charge is 0.508 e. The highest BCUT2D eigenvalue weighted by atomic mass is 35.5. The van der Waals surface area contributed by atoms with Crippen LogP contribution in [0.3, 0.4) is 0 Å². The van der Waals surface area contributed by atoms with Crippen molar-refractivity contribution in [3.8, 4) is 5.75 Å². The fourth-order valence-corrected chi connectivity index (χ4v) is 3.66. The smallest absolute Gasteiger partial charge is 0.182 e. The fourth-order valence-electron chi connectivity index (χ4n) is 3.37. The number of halogens is 1. The number of fused-ring (bicyclic) bond motifs is 1. The van der Waals surface area contributed by atoms with E-state index in [1.165, 1.54) is 0 Å². The van der Waals surface area contributed by atoms with Crippen LogP contribution in [0.5, 0.6) is 5.75 Å². The molecule has 0 heterocycles. The second-order valence-corrected chi connectivity index (χ2v) is 7.29. The summed E-state index contributed by atoms with van der Waals surface area (Å²) >= 11 is 6.67. The van der Waals surface area contributed by atoms with Gasteiger partial charge in [-0.15, -0.1) is 0 Å². The Kier molecular flexibility index (Phi) is 9.56. The third-order valence-corrected chi connectivity index (χ3v) is 5.27. The molecule has 6 heteroatoms. The fraction of sp³-hybridized carbons (Fsp3) is 0.333. The van der Waals surface area contributed by atoms with Crippen LogP contribution in [0, 0.1) is 0 Å². The maximum atomic E-state index is 10.8. The summed E-state index contributed by atoms with van der Waals surface area (Å²) < 4.78 is 5.72. The van der Waals surface area contributed by atoms with Gasteiger partial charge < -0.3 is 25.2 Å². The molecular formula is C24H29ClO5. The first kappa shape index (κ1) is 24.1. The maximum absolute atomic E-state index is 10.8. The number of phenolic OH excluding ortho intramolecular Hbond substituents is 1. The summed E-state index contributed by atoms with van der Waals surface area (Å²) in [6.07, 6.45) is 0.492. The predicted molar refractivity (Wildman–Crippen MR) is 120 cm³/mol. The molecule has 0 fully saturated rings. The number of aliphatic hydroxyl groups is 3. The summed E-state index contributed by atoms with van der Waals surface area (Å²) in [5.74, 6) is 0.212. The molecule has 162 valence electrons. The Bertz CT molecular complexity index is 927. The Morgan fingerprint density at radius 3 is 2.23 bits per heavy atom. The van der Waals surface area contributed by atoms with Gasteiger partial charge >= 0.3 is 0 Å². The molecule has 0 radical (unpaired) electrons. The third kappa shape index (κ3) is 5.94. The monoisotopic (exact) mass is 432 g/mol. The zero-order chi connectivity index (χ0) is 22.1. The lowest BCUT2D eigenvalue weighted by Crippen LogP contribution is -2.21. The van der Waals surface area contributed by atoms with Crippen LogP contribution in [0.4, 0.5) is 0 Å². The zero-order valence-electron chi connectivity index (χ0n) is 17.3. The van der Waals surface area contributed by atoms with Crippen LogP contribution in [-0.2, 0) is 11.2 Å². The minimum atomic E-state index is -1.16. The summed E-state index contributed by atoms with van der Waals surface area (Å²) in [4.78, 5) is 0. The molecule has 30 heavy (non-hydrogen) atoms. The normalized spacial score (nSPS) is 12.9. The van der Waals surface area contributed by atoms with E-state index in [0.717, 1.165) is 35.4 Å². The Morgan fingerprint density at radius 1 is 1.00 bits per heavy atom. The molecule has 0 spiro atoms. The van der Waals surface area contributed by atoms with Crippen LogP contribution in [0.2, 0.25) is 5.02 Å². The lowest BCUT2D eigenvalue weighted by atomic mass is 9.96. The molecule has 0 aromatic heterocycles. The highest BCUT2D eigenvalue weighted by molar-refractivity contribution is 6.36. The van der Waals surface area contributed by atoms with Crippen molar-refractivity contribution in [3.63, 3.8) is 0 Å². The van der Waals surface area contributed by atoms with Gasteiger partial charge in [0.25, 0.3) is 0 Å². The molecule has 0 saturated heterocycles. The van der Waals surface area contributed by atoms with Gasteiger partial charge in [0, 0.05) is 18.1 Å². The molecule has 0 amide bonds. The topological polar surface area (TPSA) is 90.2 Å². The van der Waals surface area contributed by atoms with Crippen molar-refractivity contribution in [1.82, 2.24) is 0 Å². The van der Waals surface area contributed by atoms with E-state index in [9.17, 15) is 15.3 Å². The minimum absolute atomic E-state index is 0.142. The van der Waals surface area contributed by atoms with Gasteiger partial charge in [0.2, 0.25) is 0 Å². The van der Waals surface area contributed by atoms with Crippen LogP contribution < -0.4 is 0 Å². The lowest BCUT2D eigenvalue weighted by molar-refractivity contribution is -0.151. The average molecular weight is 433 g/mol. The van der Waals surface area contributed by atoms with E-state index >= 15 is 0 Å². The Hall–Kier alpha value is -2.15. The molecule has 0 aliphatic carbocycles. The van der Waals surface area contributed by atoms with Gasteiger partial charge in [0.05, 0.1) is 17.7 Å². The molecule has 0 aliphatic rings. The SMILES string of the molecule is CCCC(CO)OC(O)c1cc(Cc2ccc(O)cc2)c(Cl)c2ccccc12.CO. The van der Waals surface area contributed by atoms with Crippen molar-refractivity contribution in [2.75, 3.05) is 13.7 Å². The van der Waals surface area contributed by atoms with Crippen LogP contribution in [0.25, 0.3) is 10.8 Å². The van der Waals surface area contributed by atoms with E-state index in [1.807, 2.05) is 49.4 Å². The van der Waals surface area contributed by atoms with Crippen LogP contribution in [0.1, 0.15) is 42.7 Å². The van der Waals surface area contributed by atoms with Gasteiger partial charge in [-0.3, -0.25) is 0 Å². The number of hydrogen-bond donors (Lipinski definition) is 4. The van der Waals surface area contributed by atoms with E-state index in [-0.39, 0.29) is 12.4 Å². The molecule has 2 atom stereocenters. The molecule has 3 rings (SSSR count). The number of aromatic hydroxyl groups is 1. The lowest BCUT2D eigenvalue weighted by Gasteiger charge is -2.22. The van der Waals surface area contributed by atoms with Crippen molar-refractivity contribution < 1.29 is 25.2 Å². The molecule has 0 bridgehead atoms. The van der Waals surface area contributed by atoms with Gasteiger partial charge in [0.15, 0.2) is 6.29 Å². The number of hydrogen-bond acceptors (Lipinski definition) is 5. The average Bonchev–Trinajstić information content (AvgIpc) is 2.78. The van der Waals surface area contributed by atoms with Crippen molar-refractivity contribution in [2.24, 2.45) is 0 Å². The van der Waals surface area contributed by atoms with E-state index in [1.54, 1.807) is 12.1 Å². The highest BCUT2D eigenvalue weighted by Gasteiger charge is 2.20. The maximum Gasteiger partial charge on any atom is 0.182 e. The third-order valence-electron chi connectivity index (χ3n) is 4.82. The molecule has 3 aromatic rings. The summed E-state index contributed by atoms with van der Waals surface area (Å²) in [6.45, 7) is 1.86. The van der Waals surface area contributed by atoms with Crippen molar-refractivity contribution in [2.45, 2.75) is 38.6 Å². The number of benzene rings is 3. The molecule has 3 aromatic carbocycles. The van der Waals surface area contributed by atoms with Crippen LogP contribution in [0.15, 0.2) is 54.6 Å². The molecule has 4 N–H and O–H groups in total. The first-order valence-corrected chi connectivity index (χ1v) is 10.3. The number of ether oxygens (including phenoxy) is 1. The van der Waals surface area contributed by atoms with Crippen molar-refractivity contribution in [3.05, 3.63) is 76.3 Å². The predicted octanol–water partition coefficient (Wildman–Crippen LogP) is 4.57. The first-order valence-electron chi connectivity index (χ1n) is 9.90. The summed E-state index contributed by atoms with van der Waals surface area (Å²) in [5.41, 5.74) is 2.48. The van der Waals surface area contributed by atoms with Gasteiger partial charge in [-0.05, 0) is 47.6 Å². The van der Waals surface area contributed by atoms with Gasteiger partial charge in [-0.1, -0.05) is 61.3 Å². The Balaban J connectivity index is 0.00000155. The van der Waals surface area contributed by atoms with Gasteiger partial charge in [-0.25, -0.2) is 0 Å². The van der Waals surface area contributed by atoms with Crippen molar-refractivity contribution in [1.29, 1.82) is 0 Å². The highest BCUT2D eigenvalue weighted by Crippen LogP contribution is 2.35. The van der Waals surface area contributed by atoms with Gasteiger partial charge in [-0.2, -0.15) is 0 Å². The van der Waals surface area contributed by atoms with Crippen molar-refractivity contribution >= 4 is 22.4 Å². The molecule has 2 unspecified atom stereocenters. The van der Waals surface area contributed by atoms with Gasteiger partial charge in [0.1, 0.15) is 5.75 Å². The van der Waals surface area contributed by atoms with Crippen LogP contribution in [-0.4, -0.2) is 40.2 Å². The standard InChI is InChI=1S/C23H25ClO4.CH4O/c1-2-5-18(14-25)28-23(27)21-13-16(12-15-8-10-17(26)11-9-15)22(24)20-7-4-3-6-19(20)21;1-2/h3-4,6-11,13,18,23,25-27H,2,5,12,14H2,1H3;2H,1H3. The molecule has 5 nitrogen and oxygen atoms in total. The molecule has 0 aliphatic heterocycles. The second kappa shape index (κ2) is 11.9. The number of aliphatic hydroxyl groups excluding tert-OH is 3. The Morgan fingerprint density at radius 2 is 1.63 bits per heavy atom.